The highest BCUT2D eigenvalue weighted by molar-refractivity contribution is 6.12. The molecule has 13 heteroatoms. The third-order valence-corrected chi connectivity index (χ3v) is 4.60. The van der Waals surface area contributed by atoms with E-state index >= 15 is 0 Å². The second-order valence-corrected chi connectivity index (χ2v) is 7.43. The van der Waals surface area contributed by atoms with Crippen LogP contribution in [0.25, 0.3) is 0 Å². The van der Waals surface area contributed by atoms with Crippen LogP contribution in [0, 0.1) is 0 Å². The number of ether oxygens (including phenoxy) is 9. The van der Waals surface area contributed by atoms with Crippen LogP contribution in [-0.4, -0.2) is 142 Å². The quantitative estimate of drug-likeness (QED) is 0.0554. The Balaban J connectivity index is 1.65. The summed E-state index contributed by atoms with van der Waals surface area (Å²) in [6, 6.07) is 0. The average Bonchev–Trinajstić information content (AvgIpc) is 3.24. The topological polar surface area (TPSA) is 138 Å². The van der Waals surface area contributed by atoms with Gasteiger partial charge in [-0.3, -0.25) is 14.5 Å². The Hall–Kier alpha value is -2.23. The zero-order valence-corrected chi connectivity index (χ0v) is 22.0. The number of rotatable bonds is 28. The first-order valence-electron chi connectivity index (χ1n) is 12.6. The molecule has 0 bridgehead atoms. The number of imide groups is 1. The molecule has 38 heavy (non-hydrogen) atoms. The van der Waals surface area contributed by atoms with Crippen LogP contribution in [0.2, 0.25) is 0 Å². The van der Waals surface area contributed by atoms with Gasteiger partial charge >= 0.3 is 5.97 Å². The predicted octanol–water partition coefficient (Wildman–Crippen LogP) is -0.227. The van der Waals surface area contributed by atoms with E-state index in [0.717, 1.165) is 11.0 Å². The molecule has 1 rings (SSSR count). The number of carbonyl (C=O) groups is 3. The van der Waals surface area contributed by atoms with Crippen molar-refractivity contribution < 1.29 is 57.0 Å². The molecule has 2 amide bonds. The molecule has 0 unspecified atom stereocenters. The van der Waals surface area contributed by atoms with Gasteiger partial charge < -0.3 is 42.6 Å². The Kier molecular flexibility index (Phi) is 22.3. The van der Waals surface area contributed by atoms with Crippen molar-refractivity contribution >= 4 is 17.8 Å². The summed E-state index contributed by atoms with van der Waals surface area (Å²) in [4.78, 5) is 34.7. The summed E-state index contributed by atoms with van der Waals surface area (Å²) >= 11 is 0. The largest absolute Gasteiger partial charge is 0.460 e. The highest BCUT2D eigenvalue weighted by Crippen LogP contribution is 2.02. The number of hydrogen-bond acceptors (Lipinski definition) is 12. The Morgan fingerprint density at radius 3 is 1.16 bits per heavy atom. The molecule has 0 aromatic heterocycles. The fraction of sp³-hybridized carbons (Fsp3) is 0.720. The highest BCUT2D eigenvalue weighted by atomic mass is 16.6. The second-order valence-electron chi connectivity index (χ2n) is 7.43. The van der Waals surface area contributed by atoms with E-state index in [1.54, 1.807) is 0 Å². The van der Waals surface area contributed by atoms with Gasteiger partial charge in [0.05, 0.1) is 112 Å². The summed E-state index contributed by atoms with van der Waals surface area (Å²) in [6.45, 7) is 10.6. The normalized spacial score (nSPS) is 13.0. The molecule has 0 aromatic rings. The summed E-state index contributed by atoms with van der Waals surface area (Å²) < 4.78 is 47.7. The molecule has 13 nitrogen and oxygen atoms in total. The molecule has 0 atom stereocenters. The van der Waals surface area contributed by atoms with Crippen molar-refractivity contribution in [3.8, 4) is 0 Å². The summed E-state index contributed by atoms with van der Waals surface area (Å²) in [5.41, 5.74) is 0. The maximum absolute atomic E-state index is 11.4. The van der Waals surface area contributed by atoms with Gasteiger partial charge in [-0.2, -0.15) is 0 Å². The van der Waals surface area contributed by atoms with Crippen molar-refractivity contribution in [1.29, 1.82) is 0 Å². The van der Waals surface area contributed by atoms with Gasteiger partial charge in [-0.15, -0.1) is 0 Å². The molecule has 218 valence electrons. The van der Waals surface area contributed by atoms with Gasteiger partial charge in [0.25, 0.3) is 11.8 Å². The van der Waals surface area contributed by atoms with Gasteiger partial charge in [0.15, 0.2) is 0 Å². The molecular weight excluding hydrogens is 506 g/mol. The van der Waals surface area contributed by atoms with Crippen LogP contribution < -0.4 is 0 Å². The standard InChI is InChI=1S/C25H41NO12/c1-2-25(29)38-22-21-37-20-19-36-18-17-35-16-15-34-14-13-33-12-11-32-10-9-31-8-7-30-6-5-26-23(27)3-4-24(26)28/h2-4H,1,5-22H2. The average molecular weight is 548 g/mol. The van der Waals surface area contributed by atoms with Gasteiger partial charge in [0, 0.05) is 18.2 Å². The van der Waals surface area contributed by atoms with Crippen molar-refractivity contribution in [3.05, 3.63) is 24.8 Å². The van der Waals surface area contributed by atoms with Gasteiger partial charge in [0.2, 0.25) is 0 Å². The lowest BCUT2D eigenvalue weighted by molar-refractivity contribution is -0.140. The Morgan fingerprint density at radius 1 is 0.553 bits per heavy atom. The molecule has 0 saturated heterocycles. The lowest BCUT2D eigenvalue weighted by Gasteiger charge is -2.13. The minimum atomic E-state index is -0.465. The van der Waals surface area contributed by atoms with Crippen LogP contribution in [0.3, 0.4) is 0 Å². The van der Waals surface area contributed by atoms with Crippen molar-refractivity contribution in [2.24, 2.45) is 0 Å². The van der Waals surface area contributed by atoms with Gasteiger partial charge in [-0.1, -0.05) is 6.58 Å². The molecule has 0 aromatic carbocycles. The van der Waals surface area contributed by atoms with Crippen LogP contribution in [0.15, 0.2) is 24.8 Å². The number of amides is 2. The first-order valence-corrected chi connectivity index (χ1v) is 12.6. The fourth-order valence-electron chi connectivity index (χ4n) is 2.71. The number of esters is 1. The minimum absolute atomic E-state index is 0.192. The van der Waals surface area contributed by atoms with Crippen molar-refractivity contribution in [2.45, 2.75) is 0 Å². The Bertz CT molecular complexity index is 655. The molecule has 0 radical (unpaired) electrons. The first kappa shape index (κ1) is 33.8. The monoisotopic (exact) mass is 547 g/mol. The first-order chi connectivity index (χ1) is 18.6. The minimum Gasteiger partial charge on any atom is -0.460 e. The molecule has 0 saturated carbocycles. The van der Waals surface area contributed by atoms with Crippen molar-refractivity contribution in [1.82, 2.24) is 4.90 Å². The molecule has 0 aliphatic carbocycles. The maximum atomic E-state index is 11.4. The molecule has 0 fully saturated rings. The molecule has 1 aliphatic rings. The van der Waals surface area contributed by atoms with Crippen molar-refractivity contribution in [2.75, 3.05) is 119 Å². The van der Waals surface area contributed by atoms with Crippen LogP contribution in [0.1, 0.15) is 0 Å². The summed E-state index contributed by atoms with van der Waals surface area (Å²) in [5, 5.41) is 0. The van der Waals surface area contributed by atoms with Crippen LogP contribution >= 0.6 is 0 Å². The van der Waals surface area contributed by atoms with E-state index in [9.17, 15) is 14.4 Å². The number of hydrogen-bond donors (Lipinski definition) is 0. The van der Waals surface area contributed by atoms with Gasteiger partial charge in [0.1, 0.15) is 6.61 Å². The zero-order chi connectivity index (χ0) is 27.5. The van der Waals surface area contributed by atoms with E-state index in [1.807, 2.05) is 0 Å². The van der Waals surface area contributed by atoms with Crippen LogP contribution in [0.5, 0.6) is 0 Å². The molecular formula is C25H41NO12. The molecule has 0 spiro atoms. The second kappa shape index (κ2) is 25.1. The molecule has 1 heterocycles. The van der Waals surface area contributed by atoms with Crippen molar-refractivity contribution in [3.63, 3.8) is 0 Å². The van der Waals surface area contributed by atoms with E-state index in [1.165, 1.54) is 12.2 Å². The highest BCUT2D eigenvalue weighted by Gasteiger charge is 2.22. The summed E-state index contributed by atoms with van der Waals surface area (Å²) in [5.74, 6) is -1.08. The third kappa shape index (κ3) is 19.8. The lowest BCUT2D eigenvalue weighted by Crippen LogP contribution is -2.33. The van der Waals surface area contributed by atoms with Gasteiger partial charge in [-0.25, -0.2) is 4.79 Å². The lowest BCUT2D eigenvalue weighted by atomic mass is 10.5. The smallest absolute Gasteiger partial charge is 0.330 e. The zero-order valence-electron chi connectivity index (χ0n) is 22.0. The number of nitrogens with zero attached hydrogens (tertiary/aromatic N) is 1. The van der Waals surface area contributed by atoms with E-state index < -0.39 is 5.97 Å². The van der Waals surface area contributed by atoms with E-state index in [0.29, 0.717) is 99.1 Å². The number of carbonyl (C=O) groups excluding carboxylic acids is 3. The van der Waals surface area contributed by atoms with Crippen LogP contribution in [0.4, 0.5) is 0 Å². The summed E-state index contributed by atoms with van der Waals surface area (Å²) in [7, 11) is 0. The molecule has 0 N–H and O–H groups in total. The van der Waals surface area contributed by atoms with Gasteiger partial charge in [-0.05, 0) is 0 Å². The summed E-state index contributed by atoms with van der Waals surface area (Å²) in [6.07, 6.45) is 3.61. The fourth-order valence-corrected chi connectivity index (χ4v) is 2.71. The van der Waals surface area contributed by atoms with E-state index in [2.05, 4.69) is 6.58 Å². The SMILES string of the molecule is C=CC(=O)OCCOCCOCCOCCOCCOCCOCCOCCOCCN1C(=O)C=CC1=O. The maximum Gasteiger partial charge on any atom is 0.330 e. The van der Waals surface area contributed by atoms with E-state index in [-0.39, 0.29) is 31.6 Å². The molecule has 1 aliphatic heterocycles. The predicted molar refractivity (Wildman–Crippen MR) is 134 cm³/mol. The third-order valence-electron chi connectivity index (χ3n) is 4.60. The Morgan fingerprint density at radius 2 is 0.842 bits per heavy atom. The Labute approximate surface area is 223 Å². The van der Waals surface area contributed by atoms with E-state index in [4.69, 9.17) is 42.6 Å². The van der Waals surface area contributed by atoms with Crippen LogP contribution in [-0.2, 0) is 57.0 Å².